The van der Waals surface area contributed by atoms with Gasteiger partial charge in [-0.15, -0.1) is 4.52 Å². The van der Waals surface area contributed by atoms with Crippen LogP contribution in [0.3, 0.4) is 0 Å². The molecule has 1 unspecified atom stereocenters. The molecule has 0 aliphatic heterocycles. The van der Waals surface area contributed by atoms with Gasteiger partial charge in [0.25, 0.3) is 0 Å². The van der Waals surface area contributed by atoms with Gasteiger partial charge in [0.2, 0.25) is 0 Å². The monoisotopic (exact) mass is 267 g/mol. The van der Waals surface area contributed by atoms with Crippen molar-refractivity contribution in [2.24, 2.45) is 0 Å². The molecule has 0 aliphatic rings. The third-order valence-electron chi connectivity index (χ3n) is 3.08. The lowest BCUT2D eigenvalue weighted by molar-refractivity contribution is 0.205. The molecule has 3 heteroatoms. The summed E-state index contributed by atoms with van der Waals surface area (Å²) in [5, 5.41) is 0. The van der Waals surface area contributed by atoms with Gasteiger partial charge in [0.1, 0.15) is 6.10 Å². The maximum Gasteiger partial charge on any atom is 0.508 e. The molecule has 1 aromatic carbocycles. The van der Waals surface area contributed by atoms with E-state index < -0.39 is 8.03 Å². The molecular formula is C15H24O2P+. The minimum Gasteiger partial charge on any atom is -0.143 e. The minimum absolute atomic E-state index is 0.169. The van der Waals surface area contributed by atoms with Crippen LogP contribution in [-0.2, 0) is 15.5 Å². The van der Waals surface area contributed by atoms with Gasteiger partial charge in [0, 0.05) is 0 Å². The smallest absolute Gasteiger partial charge is 0.143 e. The largest absolute Gasteiger partial charge is 0.508 e. The lowest BCUT2D eigenvalue weighted by Crippen LogP contribution is -2.05. The summed E-state index contributed by atoms with van der Waals surface area (Å²) >= 11 is 0. The van der Waals surface area contributed by atoms with Gasteiger partial charge < -0.3 is 0 Å². The molecule has 100 valence electrons. The summed E-state index contributed by atoms with van der Waals surface area (Å²) in [7, 11) is -1.46. The zero-order valence-electron chi connectivity index (χ0n) is 11.5. The Hall–Kier alpha value is -0.720. The average molecular weight is 267 g/mol. The van der Waals surface area contributed by atoms with Gasteiger partial charge in [-0.1, -0.05) is 44.2 Å². The second kappa shape index (κ2) is 9.24. The molecule has 0 saturated heterocycles. The summed E-state index contributed by atoms with van der Waals surface area (Å²) in [5.74, 6) is 0. The van der Waals surface area contributed by atoms with Crippen molar-refractivity contribution in [1.29, 1.82) is 0 Å². The summed E-state index contributed by atoms with van der Waals surface area (Å²) in [6.07, 6.45) is 5.88. The number of rotatable bonds is 9. The van der Waals surface area contributed by atoms with E-state index in [4.69, 9.17) is 4.52 Å². The first-order valence-electron chi connectivity index (χ1n) is 6.91. The quantitative estimate of drug-likeness (QED) is 0.467. The van der Waals surface area contributed by atoms with Gasteiger partial charge in [-0.2, -0.15) is 0 Å². The Labute approximate surface area is 112 Å². The molecule has 2 nitrogen and oxygen atoms in total. The summed E-state index contributed by atoms with van der Waals surface area (Å²) < 4.78 is 17.2. The Kier molecular flexibility index (Phi) is 7.88. The van der Waals surface area contributed by atoms with Gasteiger partial charge in [0.15, 0.2) is 6.16 Å². The molecular weight excluding hydrogens is 243 g/mol. The van der Waals surface area contributed by atoms with Crippen molar-refractivity contribution in [3.8, 4) is 0 Å². The first-order chi connectivity index (χ1) is 8.76. The summed E-state index contributed by atoms with van der Waals surface area (Å²) in [6, 6.07) is 10.4. The van der Waals surface area contributed by atoms with Crippen molar-refractivity contribution in [2.45, 2.75) is 52.1 Å². The predicted molar refractivity (Wildman–Crippen MR) is 77.3 cm³/mol. The standard InChI is InChI=1S/C15H24O2P/c1-3-15(4-2)17-18(16)13-9-8-12-14-10-6-5-7-11-14/h5-7,10-11,15H,3-4,8-9,12-13H2,1-2H3/q+1. The van der Waals surface area contributed by atoms with Gasteiger partial charge in [-0.25, -0.2) is 0 Å². The highest BCUT2D eigenvalue weighted by molar-refractivity contribution is 7.39. The third-order valence-corrected chi connectivity index (χ3v) is 4.29. The molecule has 0 N–H and O–H groups in total. The molecule has 0 heterocycles. The van der Waals surface area contributed by atoms with Crippen LogP contribution in [0.25, 0.3) is 0 Å². The van der Waals surface area contributed by atoms with E-state index in [2.05, 4.69) is 38.1 Å². The highest BCUT2D eigenvalue weighted by atomic mass is 31.1. The second-order valence-electron chi connectivity index (χ2n) is 4.54. The van der Waals surface area contributed by atoms with Crippen LogP contribution < -0.4 is 0 Å². The molecule has 0 fully saturated rings. The van der Waals surface area contributed by atoms with E-state index in [-0.39, 0.29) is 6.10 Å². The molecule has 0 aromatic heterocycles. The number of unbranched alkanes of at least 4 members (excludes halogenated alkanes) is 1. The van der Waals surface area contributed by atoms with Crippen molar-refractivity contribution in [3.63, 3.8) is 0 Å². The fourth-order valence-electron chi connectivity index (χ4n) is 1.87. The maximum atomic E-state index is 11.7. The number of aryl methyl sites for hydroxylation is 1. The van der Waals surface area contributed by atoms with E-state index in [1.54, 1.807) is 0 Å². The molecule has 1 atom stereocenters. The highest BCUT2D eigenvalue weighted by Gasteiger charge is 2.21. The molecule has 0 bridgehead atoms. The topological polar surface area (TPSA) is 26.3 Å². The highest BCUT2D eigenvalue weighted by Crippen LogP contribution is 2.28. The molecule has 0 saturated carbocycles. The van der Waals surface area contributed by atoms with Crippen LogP contribution in [0.1, 0.15) is 45.1 Å². The lowest BCUT2D eigenvalue weighted by Gasteiger charge is -2.03. The normalized spacial score (nSPS) is 11.8. The van der Waals surface area contributed by atoms with Crippen molar-refractivity contribution in [1.82, 2.24) is 0 Å². The van der Waals surface area contributed by atoms with E-state index in [0.717, 1.165) is 32.1 Å². The molecule has 0 radical (unpaired) electrons. The number of hydrogen-bond donors (Lipinski definition) is 0. The second-order valence-corrected chi connectivity index (χ2v) is 5.87. The van der Waals surface area contributed by atoms with Crippen LogP contribution >= 0.6 is 8.03 Å². The van der Waals surface area contributed by atoms with Crippen molar-refractivity contribution in [3.05, 3.63) is 35.9 Å². The van der Waals surface area contributed by atoms with Crippen LogP contribution in [0.15, 0.2) is 30.3 Å². The van der Waals surface area contributed by atoms with Crippen LogP contribution in [0.2, 0.25) is 0 Å². The van der Waals surface area contributed by atoms with Crippen LogP contribution in [-0.4, -0.2) is 12.3 Å². The predicted octanol–water partition coefficient (Wildman–Crippen LogP) is 4.96. The van der Waals surface area contributed by atoms with E-state index >= 15 is 0 Å². The zero-order chi connectivity index (χ0) is 13.2. The number of hydrogen-bond acceptors (Lipinski definition) is 2. The third kappa shape index (κ3) is 6.28. The maximum absolute atomic E-state index is 11.7. The number of benzene rings is 1. The summed E-state index contributed by atoms with van der Waals surface area (Å²) in [6.45, 7) is 4.15. The molecule has 0 spiro atoms. The van der Waals surface area contributed by atoms with Crippen molar-refractivity contribution < 1.29 is 9.09 Å². The average Bonchev–Trinajstić information content (AvgIpc) is 2.42. The van der Waals surface area contributed by atoms with Crippen LogP contribution in [0, 0.1) is 0 Å². The van der Waals surface area contributed by atoms with Gasteiger partial charge in [0.05, 0.1) is 0 Å². The Morgan fingerprint density at radius 3 is 2.39 bits per heavy atom. The molecule has 0 amide bonds. The van der Waals surface area contributed by atoms with E-state index in [0.29, 0.717) is 6.16 Å². The summed E-state index contributed by atoms with van der Waals surface area (Å²) in [5.41, 5.74) is 1.36. The molecule has 1 rings (SSSR count). The van der Waals surface area contributed by atoms with Gasteiger partial charge in [-0.05, 0) is 42.2 Å². The first-order valence-corrected chi connectivity index (χ1v) is 8.27. The Morgan fingerprint density at radius 2 is 1.78 bits per heavy atom. The zero-order valence-corrected chi connectivity index (χ0v) is 12.4. The van der Waals surface area contributed by atoms with Gasteiger partial charge in [-0.3, -0.25) is 0 Å². The fourth-order valence-corrected chi connectivity index (χ4v) is 3.09. The fraction of sp³-hybridized carbons (Fsp3) is 0.600. The SMILES string of the molecule is CCC(CC)O[P+](=O)CCCCc1ccccc1. The Balaban J connectivity index is 2.12. The van der Waals surface area contributed by atoms with Crippen LogP contribution in [0.4, 0.5) is 0 Å². The van der Waals surface area contributed by atoms with Gasteiger partial charge >= 0.3 is 8.03 Å². The lowest BCUT2D eigenvalue weighted by atomic mass is 10.1. The van der Waals surface area contributed by atoms with Crippen LogP contribution in [0.5, 0.6) is 0 Å². The molecule has 0 aliphatic carbocycles. The summed E-state index contributed by atoms with van der Waals surface area (Å²) in [4.78, 5) is 0. The van der Waals surface area contributed by atoms with E-state index in [1.165, 1.54) is 5.56 Å². The Bertz CT molecular complexity index is 334. The molecule has 1 aromatic rings. The van der Waals surface area contributed by atoms with E-state index in [9.17, 15) is 4.57 Å². The molecule has 18 heavy (non-hydrogen) atoms. The van der Waals surface area contributed by atoms with Crippen molar-refractivity contribution >= 4 is 8.03 Å². The first kappa shape index (κ1) is 15.3. The minimum atomic E-state index is -1.46. The van der Waals surface area contributed by atoms with Crippen molar-refractivity contribution in [2.75, 3.05) is 6.16 Å². The Morgan fingerprint density at radius 1 is 1.11 bits per heavy atom. The van der Waals surface area contributed by atoms with E-state index in [1.807, 2.05) is 6.07 Å².